The van der Waals surface area contributed by atoms with Crippen LogP contribution in [0, 0.1) is 0 Å². The normalized spacial score (nSPS) is 11.4. The molecular formula is C25H25BrN2O2. The zero-order chi connectivity index (χ0) is 21.5. The summed E-state index contributed by atoms with van der Waals surface area (Å²) in [4.78, 5) is 12.1. The molecule has 1 N–H and O–H groups in total. The number of benzene rings is 3. The van der Waals surface area contributed by atoms with Crippen molar-refractivity contribution in [2.75, 3.05) is 6.61 Å². The van der Waals surface area contributed by atoms with Crippen LogP contribution in [0.15, 0.2) is 82.4 Å². The minimum absolute atomic E-state index is 0.108. The van der Waals surface area contributed by atoms with Gasteiger partial charge in [-0.15, -0.1) is 0 Å². The summed E-state index contributed by atoms with van der Waals surface area (Å²) >= 11 is 3.50. The molecule has 0 aliphatic carbocycles. The Kier molecular flexibility index (Phi) is 7.41. The fraction of sp³-hybridized carbons (Fsp3) is 0.200. The van der Waals surface area contributed by atoms with Gasteiger partial charge >= 0.3 is 0 Å². The van der Waals surface area contributed by atoms with Crippen LogP contribution < -0.4 is 10.2 Å². The predicted octanol–water partition coefficient (Wildman–Crippen LogP) is 6.16. The third-order valence-electron chi connectivity index (χ3n) is 4.74. The molecule has 0 heterocycles. The predicted molar refractivity (Wildman–Crippen MR) is 126 cm³/mol. The largest absolute Gasteiger partial charge is 0.483 e. The highest BCUT2D eigenvalue weighted by Gasteiger charge is 2.08. The lowest BCUT2D eigenvalue weighted by atomic mass is 10.0. The van der Waals surface area contributed by atoms with Gasteiger partial charge in [0, 0.05) is 0 Å². The summed E-state index contributed by atoms with van der Waals surface area (Å²) in [6, 6.07) is 24.2. The molecule has 4 nitrogen and oxygen atoms in total. The molecule has 0 atom stereocenters. The number of halogens is 1. The number of nitrogens with zero attached hydrogens (tertiary/aromatic N) is 1. The van der Waals surface area contributed by atoms with E-state index in [1.807, 2.05) is 67.6 Å². The van der Waals surface area contributed by atoms with Crippen molar-refractivity contribution in [3.63, 3.8) is 0 Å². The van der Waals surface area contributed by atoms with Crippen molar-refractivity contribution in [2.45, 2.75) is 26.7 Å². The molecule has 1 amide bonds. The molecule has 0 fully saturated rings. The van der Waals surface area contributed by atoms with Crippen molar-refractivity contribution >= 4 is 27.5 Å². The van der Waals surface area contributed by atoms with E-state index in [-0.39, 0.29) is 12.5 Å². The Hall–Kier alpha value is -2.92. The standard InChI is InChI=1S/C25H25BrN2O2/c1-17(2)22-13-14-24(23(26)15-22)30-16-25(29)28-27-18(3)19-9-11-21(12-10-19)20-7-5-4-6-8-20/h4-15,17H,16H2,1-3H3,(H,28,29). The number of hydrogen-bond acceptors (Lipinski definition) is 3. The first-order chi connectivity index (χ1) is 14.4. The Bertz CT molecular complexity index is 1030. The summed E-state index contributed by atoms with van der Waals surface area (Å²) in [6.07, 6.45) is 0. The second-order valence-electron chi connectivity index (χ2n) is 7.31. The zero-order valence-electron chi connectivity index (χ0n) is 17.4. The number of rotatable bonds is 7. The van der Waals surface area contributed by atoms with E-state index in [4.69, 9.17) is 4.74 Å². The number of nitrogens with one attached hydrogen (secondary N) is 1. The molecule has 0 aliphatic heterocycles. The minimum Gasteiger partial charge on any atom is -0.483 e. The van der Waals surface area contributed by atoms with E-state index in [1.165, 1.54) is 5.56 Å². The Morgan fingerprint density at radius 3 is 2.30 bits per heavy atom. The van der Waals surface area contributed by atoms with Crippen LogP contribution in [0.5, 0.6) is 5.75 Å². The lowest BCUT2D eigenvalue weighted by Gasteiger charge is -2.11. The first-order valence-corrected chi connectivity index (χ1v) is 10.6. The van der Waals surface area contributed by atoms with Crippen LogP contribution in [0.4, 0.5) is 0 Å². The summed E-state index contributed by atoms with van der Waals surface area (Å²) in [5.74, 6) is 0.750. The highest BCUT2D eigenvalue weighted by Crippen LogP contribution is 2.28. The van der Waals surface area contributed by atoms with Crippen molar-refractivity contribution in [2.24, 2.45) is 5.10 Å². The summed E-state index contributed by atoms with van der Waals surface area (Å²) in [5.41, 5.74) is 7.74. The fourth-order valence-electron chi connectivity index (χ4n) is 2.91. The third-order valence-corrected chi connectivity index (χ3v) is 5.36. The molecule has 0 aliphatic rings. The minimum atomic E-state index is -0.310. The van der Waals surface area contributed by atoms with Crippen LogP contribution in [0.1, 0.15) is 37.8 Å². The maximum absolute atomic E-state index is 12.1. The molecule has 3 aromatic carbocycles. The molecule has 30 heavy (non-hydrogen) atoms. The van der Waals surface area contributed by atoms with E-state index >= 15 is 0 Å². The number of hydrogen-bond donors (Lipinski definition) is 1. The summed E-state index contributed by atoms with van der Waals surface area (Å²) in [5, 5.41) is 4.19. The van der Waals surface area contributed by atoms with E-state index < -0.39 is 0 Å². The second kappa shape index (κ2) is 10.2. The maximum Gasteiger partial charge on any atom is 0.277 e. The Labute approximate surface area is 186 Å². The Morgan fingerprint density at radius 1 is 1.00 bits per heavy atom. The smallest absolute Gasteiger partial charge is 0.277 e. The van der Waals surface area contributed by atoms with Crippen molar-refractivity contribution in [3.05, 3.63) is 88.4 Å². The second-order valence-corrected chi connectivity index (χ2v) is 8.16. The number of ether oxygens (including phenoxy) is 1. The summed E-state index contributed by atoms with van der Waals surface area (Å²) in [6.45, 7) is 6.01. The van der Waals surface area contributed by atoms with E-state index in [0.717, 1.165) is 26.9 Å². The topological polar surface area (TPSA) is 50.7 Å². The number of carbonyl (C=O) groups is 1. The Morgan fingerprint density at radius 2 is 1.67 bits per heavy atom. The van der Waals surface area contributed by atoms with Gasteiger partial charge in [-0.05, 0) is 63.2 Å². The SMILES string of the molecule is CC(=NNC(=O)COc1ccc(C(C)C)cc1Br)c1ccc(-c2ccccc2)cc1. The van der Waals surface area contributed by atoms with Gasteiger partial charge in [-0.25, -0.2) is 5.43 Å². The maximum atomic E-state index is 12.1. The summed E-state index contributed by atoms with van der Waals surface area (Å²) in [7, 11) is 0. The van der Waals surface area contributed by atoms with Crippen LogP contribution in [0.25, 0.3) is 11.1 Å². The van der Waals surface area contributed by atoms with Gasteiger partial charge in [0.15, 0.2) is 6.61 Å². The number of hydrazone groups is 1. The zero-order valence-corrected chi connectivity index (χ0v) is 18.9. The monoisotopic (exact) mass is 464 g/mol. The van der Waals surface area contributed by atoms with E-state index in [1.54, 1.807) is 0 Å². The average molecular weight is 465 g/mol. The van der Waals surface area contributed by atoms with Crippen molar-refractivity contribution < 1.29 is 9.53 Å². The highest BCUT2D eigenvalue weighted by molar-refractivity contribution is 9.10. The quantitative estimate of drug-likeness (QED) is 0.336. The molecule has 0 saturated heterocycles. The molecule has 5 heteroatoms. The lowest BCUT2D eigenvalue weighted by molar-refractivity contribution is -0.123. The van der Waals surface area contributed by atoms with Crippen molar-refractivity contribution in [1.82, 2.24) is 5.43 Å². The molecule has 0 aromatic heterocycles. The van der Waals surface area contributed by atoms with Crippen molar-refractivity contribution in [3.8, 4) is 16.9 Å². The van der Waals surface area contributed by atoms with Gasteiger partial charge in [-0.3, -0.25) is 4.79 Å². The molecular weight excluding hydrogens is 440 g/mol. The summed E-state index contributed by atoms with van der Waals surface area (Å²) < 4.78 is 6.44. The van der Waals surface area contributed by atoms with Crippen LogP contribution >= 0.6 is 15.9 Å². The van der Waals surface area contributed by atoms with Gasteiger partial charge in [0.1, 0.15) is 5.75 Å². The van der Waals surface area contributed by atoms with Gasteiger partial charge < -0.3 is 4.74 Å². The molecule has 0 saturated carbocycles. The first kappa shape index (κ1) is 21.8. The number of carbonyl (C=O) groups excluding carboxylic acids is 1. The van der Waals surface area contributed by atoms with Gasteiger partial charge in [-0.1, -0.05) is 74.5 Å². The molecule has 3 aromatic rings. The highest BCUT2D eigenvalue weighted by atomic mass is 79.9. The first-order valence-electron chi connectivity index (χ1n) is 9.85. The van der Waals surface area contributed by atoms with Crippen molar-refractivity contribution in [1.29, 1.82) is 0 Å². The molecule has 0 unspecified atom stereocenters. The van der Waals surface area contributed by atoms with Crippen LogP contribution in [-0.2, 0) is 4.79 Å². The van der Waals surface area contributed by atoms with Crippen LogP contribution in [-0.4, -0.2) is 18.2 Å². The fourth-order valence-corrected chi connectivity index (χ4v) is 3.43. The van der Waals surface area contributed by atoms with Gasteiger partial charge in [0.05, 0.1) is 10.2 Å². The average Bonchev–Trinajstić information content (AvgIpc) is 2.77. The van der Waals surface area contributed by atoms with Crippen LogP contribution in [0.2, 0.25) is 0 Å². The molecule has 3 rings (SSSR count). The molecule has 0 spiro atoms. The van der Waals surface area contributed by atoms with Gasteiger partial charge in [0.25, 0.3) is 5.91 Å². The van der Waals surface area contributed by atoms with Gasteiger partial charge in [-0.2, -0.15) is 5.10 Å². The van der Waals surface area contributed by atoms with E-state index in [0.29, 0.717) is 11.7 Å². The van der Waals surface area contributed by atoms with Gasteiger partial charge in [0.2, 0.25) is 0 Å². The third kappa shape index (κ3) is 5.80. The molecule has 0 bridgehead atoms. The molecule has 154 valence electrons. The van der Waals surface area contributed by atoms with E-state index in [9.17, 15) is 4.79 Å². The Balaban J connectivity index is 1.55. The van der Waals surface area contributed by atoms with Crippen LogP contribution in [0.3, 0.4) is 0 Å². The lowest BCUT2D eigenvalue weighted by Crippen LogP contribution is -2.25. The number of amides is 1. The van der Waals surface area contributed by atoms with E-state index in [2.05, 4.69) is 52.4 Å². The molecule has 0 radical (unpaired) electrons.